The third-order valence-electron chi connectivity index (χ3n) is 3.99. The van der Waals surface area contributed by atoms with Crippen molar-refractivity contribution in [1.29, 1.82) is 0 Å². The average molecular weight is 313 g/mol. The van der Waals surface area contributed by atoms with Gasteiger partial charge in [0.2, 0.25) is 0 Å². The van der Waals surface area contributed by atoms with E-state index in [1.807, 2.05) is 36.6 Å². The summed E-state index contributed by atoms with van der Waals surface area (Å²) in [6.07, 6.45) is 3.22. The molecule has 0 aliphatic rings. The Morgan fingerprint density at radius 3 is 2.91 bits per heavy atom. The minimum atomic E-state index is -0.265. The molecule has 0 amide bonds. The maximum atomic E-state index is 12.9. The number of benzene rings is 1. The molecule has 2 aromatic heterocycles. The first-order valence-electron chi connectivity index (χ1n) is 7.46. The predicted molar refractivity (Wildman–Crippen MR) is 86.5 cm³/mol. The summed E-state index contributed by atoms with van der Waals surface area (Å²) in [5, 5.41) is 8.76. The first-order chi connectivity index (χ1) is 11.1. The van der Waals surface area contributed by atoms with Gasteiger partial charge in [0.15, 0.2) is 5.82 Å². The monoisotopic (exact) mass is 313 g/mol. The number of aromatic nitrogens is 5. The fourth-order valence-electron chi connectivity index (χ4n) is 2.69. The van der Waals surface area contributed by atoms with E-state index in [1.54, 1.807) is 24.3 Å². The van der Waals surface area contributed by atoms with Crippen molar-refractivity contribution < 1.29 is 4.74 Å². The Kier molecular flexibility index (Phi) is 4.20. The lowest BCUT2D eigenvalue weighted by Gasteiger charge is -2.16. The number of methoxy groups -OCH3 is 1. The van der Waals surface area contributed by atoms with Gasteiger partial charge in [0.1, 0.15) is 6.33 Å². The van der Waals surface area contributed by atoms with Crippen LogP contribution in [0.3, 0.4) is 0 Å². The second kappa shape index (κ2) is 6.29. The number of nitrogens with zero attached hydrogens (tertiary/aromatic N) is 5. The van der Waals surface area contributed by atoms with Crippen LogP contribution in [0.1, 0.15) is 24.4 Å². The van der Waals surface area contributed by atoms with Crippen LogP contribution in [-0.2, 0) is 11.3 Å². The van der Waals surface area contributed by atoms with E-state index in [1.165, 1.54) is 0 Å². The SMILES string of the molecule is COCCn1cnnc1C(C)n1cnc2cccc(C)c2c1=O. The van der Waals surface area contributed by atoms with Crippen molar-refractivity contribution in [3.63, 3.8) is 0 Å². The number of ether oxygens (including phenoxy) is 1. The summed E-state index contributed by atoms with van der Waals surface area (Å²) in [5.74, 6) is 0.707. The van der Waals surface area contributed by atoms with Crippen LogP contribution in [-0.4, -0.2) is 38.0 Å². The highest BCUT2D eigenvalue weighted by Gasteiger charge is 2.18. The molecule has 7 nitrogen and oxygen atoms in total. The summed E-state index contributed by atoms with van der Waals surface area (Å²) in [6, 6.07) is 5.40. The Morgan fingerprint density at radius 2 is 2.13 bits per heavy atom. The van der Waals surface area contributed by atoms with Crippen LogP contribution in [0.2, 0.25) is 0 Å². The van der Waals surface area contributed by atoms with E-state index >= 15 is 0 Å². The van der Waals surface area contributed by atoms with E-state index in [9.17, 15) is 4.79 Å². The molecule has 3 rings (SSSR count). The second-order valence-electron chi connectivity index (χ2n) is 5.48. The van der Waals surface area contributed by atoms with Gasteiger partial charge in [0, 0.05) is 13.7 Å². The lowest BCUT2D eigenvalue weighted by atomic mass is 10.1. The van der Waals surface area contributed by atoms with Crippen LogP contribution in [0.15, 0.2) is 35.6 Å². The zero-order valence-electron chi connectivity index (χ0n) is 13.4. The molecule has 0 aliphatic carbocycles. The molecular weight excluding hydrogens is 294 g/mol. The van der Waals surface area contributed by atoms with Crippen LogP contribution < -0.4 is 5.56 Å². The third-order valence-corrected chi connectivity index (χ3v) is 3.99. The molecule has 0 radical (unpaired) electrons. The zero-order chi connectivity index (χ0) is 16.4. The van der Waals surface area contributed by atoms with Crippen molar-refractivity contribution in [3.8, 4) is 0 Å². The predicted octanol–water partition coefficient (Wildman–Crippen LogP) is 1.55. The minimum absolute atomic E-state index is 0.0677. The highest BCUT2D eigenvalue weighted by atomic mass is 16.5. The molecule has 0 fully saturated rings. The van der Waals surface area contributed by atoms with E-state index in [2.05, 4.69) is 15.2 Å². The fraction of sp³-hybridized carbons (Fsp3) is 0.375. The normalized spacial score (nSPS) is 12.7. The first-order valence-corrected chi connectivity index (χ1v) is 7.46. The van der Waals surface area contributed by atoms with Gasteiger partial charge in [-0.25, -0.2) is 4.98 Å². The summed E-state index contributed by atoms with van der Waals surface area (Å²) < 4.78 is 8.59. The van der Waals surface area contributed by atoms with Crippen LogP contribution >= 0.6 is 0 Å². The Bertz CT molecular complexity index is 884. The molecule has 1 unspecified atom stereocenters. The van der Waals surface area contributed by atoms with Gasteiger partial charge in [0.05, 0.1) is 29.9 Å². The molecule has 1 atom stereocenters. The summed E-state index contributed by atoms with van der Waals surface area (Å²) >= 11 is 0. The van der Waals surface area contributed by atoms with E-state index in [0.29, 0.717) is 29.9 Å². The minimum Gasteiger partial charge on any atom is -0.383 e. The van der Waals surface area contributed by atoms with Crippen molar-refractivity contribution in [2.24, 2.45) is 0 Å². The number of hydrogen-bond donors (Lipinski definition) is 0. The first kappa shape index (κ1) is 15.4. The standard InChI is InChI=1S/C16H19N5O2/c1-11-5-4-6-13-14(11)16(22)21(9-17-13)12(2)15-19-18-10-20(15)7-8-23-3/h4-6,9-10,12H,7-8H2,1-3H3. The third kappa shape index (κ3) is 2.75. The van der Waals surface area contributed by atoms with Crippen molar-refractivity contribution in [1.82, 2.24) is 24.3 Å². The van der Waals surface area contributed by atoms with Gasteiger partial charge >= 0.3 is 0 Å². The van der Waals surface area contributed by atoms with Gasteiger partial charge < -0.3 is 9.30 Å². The highest BCUT2D eigenvalue weighted by Crippen LogP contribution is 2.16. The number of fused-ring (bicyclic) bond motifs is 1. The average Bonchev–Trinajstić information content (AvgIpc) is 3.01. The summed E-state index contributed by atoms with van der Waals surface area (Å²) in [7, 11) is 1.65. The Morgan fingerprint density at radius 1 is 1.30 bits per heavy atom. The van der Waals surface area contributed by atoms with Gasteiger partial charge in [0.25, 0.3) is 5.56 Å². The van der Waals surface area contributed by atoms with Crippen molar-refractivity contribution in [2.45, 2.75) is 26.4 Å². The van der Waals surface area contributed by atoms with Gasteiger partial charge in [-0.3, -0.25) is 9.36 Å². The molecule has 0 saturated carbocycles. The highest BCUT2D eigenvalue weighted by molar-refractivity contribution is 5.80. The molecule has 1 aromatic carbocycles. The van der Waals surface area contributed by atoms with Crippen LogP contribution in [0, 0.1) is 6.92 Å². The summed E-state index contributed by atoms with van der Waals surface area (Å²) in [6.45, 7) is 5.03. The maximum absolute atomic E-state index is 12.9. The second-order valence-corrected chi connectivity index (χ2v) is 5.48. The molecular formula is C16H19N5O2. The smallest absolute Gasteiger partial charge is 0.262 e. The van der Waals surface area contributed by atoms with Gasteiger partial charge in [-0.2, -0.15) is 0 Å². The van der Waals surface area contributed by atoms with Gasteiger partial charge in [-0.15, -0.1) is 10.2 Å². The Hall–Kier alpha value is -2.54. The quantitative estimate of drug-likeness (QED) is 0.714. The Balaban J connectivity index is 2.07. The molecule has 0 N–H and O–H groups in total. The largest absolute Gasteiger partial charge is 0.383 e. The van der Waals surface area contributed by atoms with Crippen LogP contribution in [0.4, 0.5) is 0 Å². The molecule has 0 spiro atoms. The molecule has 2 heterocycles. The maximum Gasteiger partial charge on any atom is 0.262 e. The van der Waals surface area contributed by atoms with Gasteiger partial charge in [-0.1, -0.05) is 12.1 Å². The number of aryl methyl sites for hydroxylation is 1. The molecule has 0 saturated heterocycles. The van der Waals surface area contributed by atoms with E-state index in [4.69, 9.17) is 4.74 Å². The summed E-state index contributed by atoms with van der Waals surface area (Å²) in [4.78, 5) is 17.3. The molecule has 0 bridgehead atoms. The van der Waals surface area contributed by atoms with E-state index in [0.717, 1.165) is 5.56 Å². The number of rotatable bonds is 5. The van der Waals surface area contributed by atoms with Crippen LogP contribution in [0.5, 0.6) is 0 Å². The molecule has 0 aliphatic heterocycles. The fourth-order valence-corrected chi connectivity index (χ4v) is 2.69. The van der Waals surface area contributed by atoms with Crippen molar-refractivity contribution in [2.75, 3.05) is 13.7 Å². The molecule has 23 heavy (non-hydrogen) atoms. The number of hydrogen-bond acceptors (Lipinski definition) is 5. The lowest BCUT2D eigenvalue weighted by molar-refractivity contribution is 0.185. The van der Waals surface area contributed by atoms with E-state index < -0.39 is 0 Å². The molecule has 3 aromatic rings. The summed E-state index contributed by atoms with van der Waals surface area (Å²) in [5.41, 5.74) is 1.56. The zero-order valence-corrected chi connectivity index (χ0v) is 13.4. The van der Waals surface area contributed by atoms with Crippen LogP contribution in [0.25, 0.3) is 10.9 Å². The van der Waals surface area contributed by atoms with Crippen molar-refractivity contribution >= 4 is 10.9 Å². The van der Waals surface area contributed by atoms with Crippen molar-refractivity contribution in [3.05, 3.63) is 52.6 Å². The molecule has 120 valence electrons. The molecule has 7 heteroatoms. The topological polar surface area (TPSA) is 74.8 Å². The van der Waals surface area contributed by atoms with Gasteiger partial charge in [-0.05, 0) is 25.5 Å². The lowest BCUT2D eigenvalue weighted by Crippen LogP contribution is -2.27. The van der Waals surface area contributed by atoms with E-state index in [-0.39, 0.29) is 11.6 Å². The Labute approximate surface area is 133 Å².